The number of rotatable bonds is 4. The molecule has 7 heteroatoms. The summed E-state index contributed by atoms with van der Waals surface area (Å²) >= 11 is 11.9. The fourth-order valence-electron chi connectivity index (χ4n) is 2.23. The molecule has 0 saturated carbocycles. The Hall–Kier alpha value is -3.07. The Labute approximate surface area is 160 Å². The number of hydrogen-bond donors (Lipinski definition) is 1. The summed E-state index contributed by atoms with van der Waals surface area (Å²) in [5, 5.41) is 16.9. The summed E-state index contributed by atoms with van der Waals surface area (Å²) in [6.07, 6.45) is 4.76. The highest BCUT2D eigenvalue weighted by Gasteiger charge is 2.12. The molecule has 128 valence electrons. The lowest BCUT2D eigenvalue weighted by Crippen LogP contribution is -2.13. The highest BCUT2D eigenvalue weighted by atomic mass is 35.5. The normalized spacial score (nSPS) is 11.0. The van der Waals surface area contributed by atoms with Crippen molar-refractivity contribution in [2.24, 2.45) is 0 Å². The van der Waals surface area contributed by atoms with E-state index in [1.165, 1.54) is 12.1 Å². The van der Waals surface area contributed by atoms with Crippen molar-refractivity contribution in [2.75, 3.05) is 5.32 Å². The van der Waals surface area contributed by atoms with E-state index in [2.05, 4.69) is 10.4 Å². The molecule has 1 aromatic heterocycles. The van der Waals surface area contributed by atoms with Gasteiger partial charge in [-0.3, -0.25) is 4.79 Å². The van der Waals surface area contributed by atoms with Gasteiger partial charge in [-0.15, -0.1) is 0 Å². The van der Waals surface area contributed by atoms with Crippen molar-refractivity contribution >= 4 is 40.9 Å². The van der Waals surface area contributed by atoms with E-state index in [1.54, 1.807) is 29.2 Å². The number of nitrogens with zero attached hydrogens (tertiary/aromatic N) is 3. The van der Waals surface area contributed by atoms with Gasteiger partial charge in [0.1, 0.15) is 11.6 Å². The molecule has 1 amide bonds. The molecule has 3 rings (SSSR count). The number of aromatic nitrogens is 2. The maximum Gasteiger partial charge on any atom is 0.266 e. The number of carbonyl (C=O) groups excluding carboxylic acids is 1. The first-order valence-corrected chi connectivity index (χ1v) is 8.31. The van der Waals surface area contributed by atoms with Gasteiger partial charge in [-0.05, 0) is 36.4 Å². The van der Waals surface area contributed by atoms with Crippen molar-refractivity contribution in [3.63, 3.8) is 0 Å². The number of nitriles is 1. The Morgan fingerprint density at radius 3 is 2.69 bits per heavy atom. The predicted molar refractivity (Wildman–Crippen MR) is 102 cm³/mol. The molecule has 26 heavy (non-hydrogen) atoms. The first-order chi connectivity index (χ1) is 12.6. The van der Waals surface area contributed by atoms with Gasteiger partial charge in [0.25, 0.3) is 5.91 Å². The molecule has 0 saturated heterocycles. The second-order valence-electron chi connectivity index (χ2n) is 5.30. The van der Waals surface area contributed by atoms with E-state index in [4.69, 9.17) is 23.2 Å². The van der Waals surface area contributed by atoms with E-state index < -0.39 is 5.91 Å². The van der Waals surface area contributed by atoms with Crippen LogP contribution < -0.4 is 5.32 Å². The third-order valence-electron chi connectivity index (χ3n) is 3.48. The van der Waals surface area contributed by atoms with Gasteiger partial charge in [-0.25, -0.2) is 4.68 Å². The summed E-state index contributed by atoms with van der Waals surface area (Å²) in [5.74, 6) is -0.580. The van der Waals surface area contributed by atoms with Crippen molar-refractivity contribution in [2.45, 2.75) is 0 Å². The fraction of sp³-hybridized carbons (Fsp3) is 0. The Morgan fingerprint density at radius 2 is 1.96 bits per heavy atom. The van der Waals surface area contributed by atoms with E-state index in [0.29, 0.717) is 21.3 Å². The van der Waals surface area contributed by atoms with Crippen LogP contribution in [0.1, 0.15) is 5.56 Å². The van der Waals surface area contributed by atoms with Crippen LogP contribution in [-0.4, -0.2) is 15.7 Å². The summed E-state index contributed by atoms with van der Waals surface area (Å²) in [7, 11) is 0. The van der Waals surface area contributed by atoms with Crippen LogP contribution in [0.25, 0.3) is 11.8 Å². The summed E-state index contributed by atoms with van der Waals surface area (Å²) in [6.45, 7) is 0. The molecule has 3 aromatic rings. The van der Waals surface area contributed by atoms with Crippen molar-refractivity contribution < 1.29 is 4.79 Å². The third kappa shape index (κ3) is 4.12. The first kappa shape index (κ1) is 17.7. The number of halogens is 2. The van der Waals surface area contributed by atoms with Crippen LogP contribution in [0.4, 0.5) is 5.69 Å². The summed E-state index contributed by atoms with van der Waals surface area (Å²) in [4.78, 5) is 12.4. The predicted octanol–water partition coefficient (Wildman–Crippen LogP) is 4.72. The summed E-state index contributed by atoms with van der Waals surface area (Å²) in [6, 6.07) is 16.1. The first-order valence-electron chi connectivity index (χ1n) is 7.55. The average molecular weight is 383 g/mol. The minimum atomic E-state index is -0.580. The molecule has 0 atom stereocenters. The van der Waals surface area contributed by atoms with Gasteiger partial charge in [-0.2, -0.15) is 10.4 Å². The van der Waals surface area contributed by atoms with Crippen LogP contribution in [0, 0.1) is 11.3 Å². The zero-order valence-corrected chi connectivity index (χ0v) is 14.9. The van der Waals surface area contributed by atoms with Gasteiger partial charge in [0, 0.05) is 16.8 Å². The molecule has 0 aliphatic rings. The van der Waals surface area contributed by atoms with Crippen LogP contribution in [0.3, 0.4) is 0 Å². The Bertz CT molecular complexity index is 1020. The fourth-order valence-corrected chi connectivity index (χ4v) is 2.57. The van der Waals surface area contributed by atoms with Gasteiger partial charge in [-0.1, -0.05) is 41.4 Å². The largest absolute Gasteiger partial charge is 0.320 e. The van der Waals surface area contributed by atoms with Crippen molar-refractivity contribution in [3.8, 4) is 11.8 Å². The number of anilines is 1. The van der Waals surface area contributed by atoms with Gasteiger partial charge >= 0.3 is 0 Å². The van der Waals surface area contributed by atoms with Crippen molar-refractivity contribution in [3.05, 3.63) is 82.1 Å². The quantitative estimate of drug-likeness (QED) is 0.523. The smallest absolute Gasteiger partial charge is 0.266 e. The van der Waals surface area contributed by atoms with E-state index in [9.17, 15) is 10.1 Å². The molecular weight excluding hydrogens is 371 g/mol. The number of para-hydroxylation sites is 1. The lowest BCUT2D eigenvalue weighted by molar-refractivity contribution is -0.112. The molecule has 0 aliphatic heterocycles. The summed E-state index contributed by atoms with van der Waals surface area (Å²) in [5.41, 5.74) is 1.76. The number of carbonyl (C=O) groups is 1. The average Bonchev–Trinajstić information content (AvgIpc) is 3.12. The Morgan fingerprint density at radius 1 is 1.19 bits per heavy atom. The van der Waals surface area contributed by atoms with Crippen LogP contribution in [-0.2, 0) is 4.79 Å². The van der Waals surface area contributed by atoms with Crippen LogP contribution in [0.5, 0.6) is 0 Å². The molecule has 1 heterocycles. The zero-order valence-electron chi connectivity index (χ0n) is 13.4. The van der Waals surface area contributed by atoms with Crippen molar-refractivity contribution in [1.82, 2.24) is 9.78 Å². The second kappa shape index (κ2) is 7.87. The number of nitrogens with one attached hydrogen (secondary N) is 1. The summed E-state index contributed by atoms with van der Waals surface area (Å²) < 4.78 is 1.66. The third-order valence-corrected chi connectivity index (χ3v) is 4.04. The van der Waals surface area contributed by atoms with Gasteiger partial charge in [0.15, 0.2) is 0 Å². The molecule has 1 N–H and O–H groups in total. The minimum Gasteiger partial charge on any atom is -0.320 e. The Balaban J connectivity index is 1.82. The molecule has 0 bridgehead atoms. The zero-order chi connectivity index (χ0) is 18.5. The van der Waals surface area contributed by atoms with E-state index in [0.717, 1.165) is 5.69 Å². The number of hydrogen-bond acceptors (Lipinski definition) is 3. The van der Waals surface area contributed by atoms with Gasteiger partial charge < -0.3 is 5.32 Å². The van der Waals surface area contributed by atoms with Crippen LogP contribution in [0.2, 0.25) is 10.0 Å². The second-order valence-corrected chi connectivity index (χ2v) is 6.15. The molecule has 5 nitrogen and oxygen atoms in total. The standard InChI is InChI=1S/C19H12Cl2N4O/c20-15-6-7-17(21)18(9-15)24-19(26)14(10-22)8-13-11-23-25(12-13)16-4-2-1-3-5-16/h1-9,11-12H,(H,24,26)/b14-8+. The highest BCUT2D eigenvalue weighted by molar-refractivity contribution is 6.36. The highest BCUT2D eigenvalue weighted by Crippen LogP contribution is 2.26. The number of benzene rings is 2. The molecule has 0 spiro atoms. The maximum atomic E-state index is 12.4. The van der Waals surface area contributed by atoms with E-state index >= 15 is 0 Å². The van der Waals surface area contributed by atoms with Crippen molar-refractivity contribution in [1.29, 1.82) is 5.26 Å². The topological polar surface area (TPSA) is 70.7 Å². The van der Waals surface area contributed by atoms with E-state index in [1.807, 2.05) is 36.4 Å². The molecular formula is C19H12Cl2N4O. The minimum absolute atomic E-state index is 0.0753. The van der Waals surface area contributed by atoms with Crippen LogP contribution in [0.15, 0.2) is 66.5 Å². The van der Waals surface area contributed by atoms with E-state index in [-0.39, 0.29) is 5.57 Å². The SMILES string of the molecule is N#C/C(=C\c1cnn(-c2ccccc2)c1)C(=O)Nc1cc(Cl)ccc1Cl. The number of amides is 1. The van der Waals surface area contributed by atoms with Crippen LogP contribution >= 0.6 is 23.2 Å². The Kier molecular flexibility index (Phi) is 5.37. The molecule has 0 fully saturated rings. The molecule has 0 radical (unpaired) electrons. The molecule has 2 aromatic carbocycles. The van der Waals surface area contributed by atoms with Gasteiger partial charge in [0.05, 0.1) is 22.6 Å². The molecule has 0 aliphatic carbocycles. The lowest BCUT2D eigenvalue weighted by Gasteiger charge is -2.06. The molecule has 0 unspecified atom stereocenters. The monoisotopic (exact) mass is 382 g/mol. The lowest BCUT2D eigenvalue weighted by atomic mass is 10.2. The maximum absolute atomic E-state index is 12.4. The van der Waals surface area contributed by atoms with Gasteiger partial charge in [0.2, 0.25) is 0 Å².